The maximum atomic E-state index is 2.46. The van der Waals surface area contributed by atoms with Crippen molar-refractivity contribution in [2.24, 2.45) is 0 Å². The van der Waals surface area contributed by atoms with Gasteiger partial charge >= 0.3 is 0 Å². The fraction of sp³-hybridized carbons (Fsp3) is 0. The second kappa shape index (κ2) is 8.95. The van der Waals surface area contributed by atoms with Gasteiger partial charge in [-0.3, -0.25) is 0 Å². The van der Waals surface area contributed by atoms with E-state index in [0.29, 0.717) is 0 Å². The predicted molar refractivity (Wildman–Crippen MR) is 178 cm³/mol. The zero-order chi connectivity index (χ0) is 27.6. The summed E-state index contributed by atoms with van der Waals surface area (Å²) in [6, 6.07) is 55.1. The van der Waals surface area contributed by atoms with E-state index in [1.807, 2.05) is 0 Å². The van der Waals surface area contributed by atoms with Crippen LogP contribution in [-0.4, -0.2) is 9.13 Å². The van der Waals surface area contributed by atoms with E-state index in [1.165, 1.54) is 65.4 Å². The van der Waals surface area contributed by atoms with Crippen LogP contribution in [0.5, 0.6) is 0 Å². The normalized spacial score (nSPS) is 11.8. The van der Waals surface area contributed by atoms with Crippen molar-refractivity contribution >= 4 is 54.3 Å². The highest BCUT2D eigenvalue weighted by molar-refractivity contribution is 6.18. The van der Waals surface area contributed by atoms with E-state index < -0.39 is 0 Å². The van der Waals surface area contributed by atoms with E-state index in [-0.39, 0.29) is 0 Å². The number of para-hydroxylation sites is 2. The molecule has 0 spiro atoms. The molecule has 2 heterocycles. The molecule has 0 aliphatic rings. The number of nitrogens with zero attached hydrogens (tertiary/aromatic N) is 2. The fourth-order valence-corrected chi connectivity index (χ4v) is 6.85. The minimum absolute atomic E-state index is 1.16. The molecule has 196 valence electrons. The van der Waals surface area contributed by atoms with Gasteiger partial charge in [-0.05, 0) is 75.1 Å². The van der Waals surface area contributed by atoms with Crippen LogP contribution in [-0.2, 0) is 0 Å². The third-order valence-corrected chi connectivity index (χ3v) is 8.70. The average molecular weight is 535 g/mol. The average Bonchev–Trinajstić information content (AvgIpc) is 3.64. The zero-order valence-corrected chi connectivity index (χ0v) is 22.9. The Morgan fingerprint density at radius 1 is 0.381 bits per heavy atom. The van der Waals surface area contributed by atoms with E-state index in [4.69, 9.17) is 0 Å². The summed E-state index contributed by atoms with van der Waals surface area (Å²) in [4.78, 5) is 0. The molecule has 0 unspecified atom stereocenters. The molecular weight excluding hydrogens is 508 g/mol. The van der Waals surface area contributed by atoms with Crippen LogP contribution in [0.1, 0.15) is 0 Å². The number of rotatable bonds is 3. The minimum atomic E-state index is 1.16. The number of fused-ring (bicyclic) bond motifs is 8. The quantitative estimate of drug-likeness (QED) is 0.200. The Labute approximate surface area is 243 Å². The first-order valence-electron chi connectivity index (χ1n) is 14.5. The molecule has 0 radical (unpaired) electrons. The van der Waals surface area contributed by atoms with Gasteiger partial charge in [-0.15, -0.1) is 0 Å². The Hall–Kier alpha value is -5.60. The van der Waals surface area contributed by atoms with Gasteiger partial charge in [0.05, 0.1) is 16.6 Å². The summed E-state index contributed by atoms with van der Waals surface area (Å²) in [5, 5.41) is 8.86. The first-order valence-corrected chi connectivity index (χ1v) is 14.5. The molecule has 0 aliphatic heterocycles. The Kier molecular flexibility index (Phi) is 4.93. The molecule has 9 aromatic rings. The molecule has 0 saturated heterocycles. The number of benzene rings is 7. The maximum absolute atomic E-state index is 2.46. The highest BCUT2D eigenvalue weighted by atomic mass is 15.0. The second-order valence-electron chi connectivity index (χ2n) is 11.0. The zero-order valence-electron chi connectivity index (χ0n) is 22.9. The number of hydrogen-bond donors (Lipinski definition) is 0. The van der Waals surface area contributed by atoms with Crippen molar-refractivity contribution in [3.05, 3.63) is 158 Å². The van der Waals surface area contributed by atoms with Gasteiger partial charge in [0.25, 0.3) is 0 Å². The van der Waals surface area contributed by atoms with Crippen molar-refractivity contribution in [2.45, 2.75) is 0 Å². The third kappa shape index (κ3) is 3.33. The molecule has 2 nitrogen and oxygen atoms in total. The van der Waals surface area contributed by atoms with E-state index in [2.05, 4.69) is 167 Å². The molecule has 0 amide bonds. The minimum Gasteiger partial charge on any atom is -0.315 e. The van der Waals surface area contributed by atoms with Gasteiger partial charge < -0.3 is 9.13 Å². The first kappa shape index (κ1) is 23.1. The van der Waals surface area contributed by atoms with Crippen molar-refractivity contribution in [1.29, 1.82) is 0 Å². The van der Waals surface area contributed by atoms with Crippen LogP contribution >= 0.6 is 0 Å². The van der Waals surface area contributed by atoms with Crippen LogP contribution in [0, 0.1) is 0 Å². The van der Waals surface area contributed by atoms with Crippen LogP contribution in [0.3, 0.4) is 0 Å². The van der Waals surface area contributed by atoms with Gasteiger partial charge in [0, 0.05) is 33.7 Å². The molecule has 2 aromatic heterocycles. The summed E-state index contributed by atoms with van der Waals surface area (Å²) in [7, 11) is 0. The Morgan fingerprint density at radius 2 is 1.10 bits per heavy atom. The number of aromatic nitrogens is 2. The SMILES string of the molecule is c1ccc(-n2ccc3ccc4c5ccccc5n(-c5cccc(-c6cc7ccccc7c7ccccc67)c5)c4c32)cc1. The molecule has 0 aliphatic carbocycles. The van der Waals surface area contributed by atoms with Crippen LogP contribution in [0.4, 0.5) is 0 Å². The monoisotopic (exact) mass is 534 g/mol. The van der Waals surface area contributed by atoms with Crippen molar-refractivity contribution in [1.82, 2.24) is 9.13 Å². The highest BCUT2D eigenvalue weighted by Crippen LogP contribution is 2.40. The first-order chi connectivity index (χ1) is 20.8. The third-order valence-electron chi connectivity index (χ3n) is 8.70. The van der Waals surface area contributed by atoms with Crippen LogP contribution in [0.15, 0.2) is 158 Å². The van der Waals surface area contributed by atoms with Gasteiger partial charge in [0.2, 0.25) is 0 Å². The molecular formula is C40H26N2. The summed E-state index contributed by atoms with van der Waals surface area (Å²) in [5.74, 6) is 0. The van der Waals surface area contributed by atoms with E-state index in [9.17, 15) is 0 Å². The van der Waals surface area contributed by atoms with Crippen LogP contribution in [0.2, 0.25) is 0 Å². The van der Waals surface area contributed by atoms with Gasteiger partial charge in [-0.25, -0.2) is 0 Å². The van der Waals surface area contributed by atoms with Crippen LogP contribution < -0.4 is 0 Å². The Balaban J connectivity index is 1.37. The molecule has 7 aromatic carbocycles. The summed E-state index contributed by atoms with van der Waals surface area (Å²) in [6.07, 6.45) is 2.19. The summed E-state index contributed by atoms with van der Waals surface area (Å²) < 4.78 is 4.78. The highest BCUT2D eigenvalue weighted by Gasteiger charge is 2.18. The van der Waals surface area contributed by atoms with E-state index in [0.717, 1.165) is 11.4 Å². The largest absolute Gasteiger partial charge is 0.315 e. The lowest BCUT2D eigenvalue weighted by Gasteiger charge is -2.15. The molecule has 2 heteroatoms. The number of hydrogen-bond acceptors (Lipinski definition) is 0. The van der Waals surface area contributed by atoms with Gasteiger partial charge in [0.15, 0.2) is 0 Å². The lowest BCUT2D eigenvalue weighted by molar-refractivity contribution is 1.12. The summed E-state index contributed by atoms with van der Waals surface area (Å²) >= 11 is 0. The molecule has 0 bridgehead atoms. The summed E-state index contributed by atoms with van der Waals surface area (Å²) in [5.41, 5.74) is 8.44. The maximum Gasteiger partial charge on any atom is 0.0788 e. The summed E-state index contributed by atoms with van der Waals surface area (Å²) in [6.45, 7) is 0. The second-order valence-corrected chi connectivity index (χ2v) is 11.0. The molecule has 42 heavy (non-hydrogen) atoms. The van der Waals surface area contributed by atoms with Crippen molar-refractivity contribution in [3.63, 3.8) is 0 Å². The van der Waals surface area contributed by atoms with E-state index >= 15 is 0 Å². The smallest absolute Gasteiger partial charge is 0.0788 e. The van der Waals surface area contributed by atoms with Crippen LogP contribution in [0.25, 0.3) is 76.8 Å². The standard InChI is InChI=1S/C40H26N2/c1-2-13-30(14-3-1)41-24-23-27-21-22-36-35-19-8-9-20-38(35)42(40(36)39(27)41)31-15-10-12-28(25-31)37-26-29-11-4-5-16-32(29)33-17-6-7-18-34(33)37/h1-26H. The van der Waals surface area contributed by atoms with Crippen molar-refractivity contribution in [2.75, 3.05) is 0 Å². The fourth-order valence-electron chi connectivity index (χ4n) is 6.85. The lowest BCUT2D eigenvalue weighted by Crippen LogP contribution is -1.98. The molecule has 0 atom stereocenters. The van der Waals surface area contributed by atoms with Gasteiger partial charge in [-0.2, -0.15) is 0 Å². The topological polar surface area (TPSA) is 9.86 Å². The van der Waals surface area contributed by atoms with Crippen molar-refractivity contribution < 1.29 is 0 Å². The lowest BCUT2D eigenvalue weighted by atomic mass is 9.93. The Morgan fingerprint density at radius 3 is 1.98 bits per heavy atom. The van der Waals surface area contributed by atoms with E-state index in [1.54, 1.807) is 0 Å². The van der Waals surface area contributed by atoms with Gasteiger partial charge in [0.1, 0.15) is 0 Å². The molecule has 0 saturated carbocycles. The predicted octanol–water partition coefficient (Wildman–Crippen LogP) is 10.7. The van der Waals surface area contributed by atoms with Crippen molar-refractivity contribution in [3.8, 4) is 22.5 Å². The molecule has 9 rings (SSSR count). The molecule has 0 N–H and O–H groups in total. The van der Waals surface area contributed by atoms with Gasteiger partial charge in [-0.1, -0.05) is 109 Å². The molecule has 0 fully saturated rings. The Bertz CT molecular complexity index is 2460.